The summed E-state index contributed by atoms with van der Waals surface area (Å²) in [6.45, 7) is 3.98. The number of carbonyl (C=O) groups excluding carboxylic acids is 1. The van der Waals surface area contributed by atoms with Crippen molar-refractivity contribution in [2.24, 2.45) is 0 Å². The zero-order chi connectivity index (χ0) is 21.6. The van der Waals surface area contributed by atoms with Crippen molar-refractivity contribution in [3.8, 4) is 11.5 Å². The van der Waals surface area contributed by atoms with Crippen LogP contribution in [-0.4, -0.2) is 45.4 Å². The topological polar surface area (TPSA) is 84.9 Å². The second-order valence-corrected chi connectivity index (χ2v) is 9.57. The maximum atomic E-state index is 12.7. The molecule has 0 atom stereocenters. The zero-order valence-electron chi connectivity index (χ0n) is 16.2. The van der Waals surface area contributed by atoms with Crippen LogP contribution in [-0.2, 0) is 14.8 Å². The van der Waals surface area contributed by atoms with Crippen LogP contribution in [0.1, 0.15) is 13.8 Å². The van der Waals surface area contributed by atoms with Gasteiger partial charge in [0.15, 0.2) is 6.61 Å². The number of hydrogen-bond acceptors (Lipinski definition) is 5. The van der Waals surface area contributed by atoms with E-state index in [1.165, 1.54) is 29.6 Å². The molecule has 0 spiro atoms. The van der Waals surface area contributed by atoms with Crippen LogP contribution in [0, 0.1) is 0 Å². The summed E-state index contributed by atoms with van der Waals surface area (Å²) >= 11 is 6.72. The van der Waals surface area contributed by atoms with Gasteiger partial charge in [-0.05, 0) is 52.3 Å². The summed E-state index contributed by atoms with van der Waals surface area (Å²) in [6.07, 6.45) is 0. The first-order valence-corrected chi connectivity index (χ1v) is 11.8. The van der Waals surface area contributed by atoms with Gasteiger partial charge in [-0.2, -0.15) is 4.31 Å². The lowest BCUT2D eigenvalue weighted by atomic mass is 10.3. The molecule has 0 bridgehead atoms. The quantitative estimate of drug-likeness (QED) is 0.505. The van der Waals surface area contributed by atoms with Gasteiger partial charge < -0.3 is 14.8 Å². The number of carbonyl (C=O) groups is 1. The third-order valence-electron chi connectivity index (χ3n) is 4.04. The average Bonchev–Trinajstić information content (AvgIpc) is 2.68. The summed E-state index contributed by atoms with van der Waals surface area (Å²) in [4.78, 5) is 12.4. The number of halogens is 2. The molecule has 2 aromatic carbocycles. The van der Waals surface area contributed by atoms with Gasteiger partial charge in [0, 0.05) is 17.6 Å². The average molecular weight is 550 g/mol. The summed E-state index contributed by atoms with van der Waals surface area (Å²) in [5.41, 5.74) is 0.254. The Kier molecular flexibility index (Phi) is 8.50. The monoisotopic (exact) mass is 548 g/mol. The molecule has 2 aromatic rings. The Morgan fingerprint density at radius 2 is 1.72 bits per heavy atom. The fourth-order valence-corrected chi connectivity index (χ4v) is 5.23. The molecule has 2 rings (SSSR count). The Morgan fingerprint density at radius 3 is 2.31 bits per heavy atom. The molecule has 10 heteroatoms. The van der Waals surface area contributed by atoms with Crippen LogP contribution >= 0.6 is 31.9 Å². The number of nitrogens with one attached hydrogen (secondary N) is 1. The lowest BCUT2D eigenvalue weighted by Gasteiger charge is -2.19. The highest BCUT2D eigenvalue weighted by Crippen LogP contribution is 2.30. The van der Waals surface area contributed by atoms with Gasteiger partial charge in [-0.1, -0.05) is 29.8 Å². The lowest BCUT2D eigenvalue weighted by Crippen LogP contribution is -2.30. The van der Waals surface area contributed by atoms with Crippen LogP contribution in [0.3, 0.4) is 0 Å². The standard InChI is InChI=1S/C19H22Br2N2O5S/c1-4-23(5-2)29(25,26)14-7-9-18(27-3)16(11-14)22-19(24)12-28-17-8-6-13(20)10-15(17)21/h6-11H,4-5,12H2,1-3H3,(H,22,24). The van der Waals surface area contributed by atoms with Crippen LogP contribution in [0.5, 0.6) is 11.5 Å². The third-order valence-corrected chi connectivity index (χ3v) is 7.20. The third kappa shape index (κ3) is 5.94. The second kappa shape index (κ2) is 10.4. The number of rotatable bonds is 9. The molecule has 1 amide bonds. The summed E-state index contributed by atoms with van der Waals surface area (Å²) in [7, 11) is -2.22. The number of sulfonamides is 1. The molecule has 1 N–H and O–H groups in total. The molecule has 0 heterocycles. The predicted octanol–water partition coefficient (Wildman–Crippen LogP) is 4.27. The molecule has 158 valence electrons. The first kappa shape index (κ1) is 23.7. The largest absolute Gasteiger partial charge is 0.495 e. The van der Waals surface area contributed by atoms with Crippen molar-refractivity contribution in [1.29, 1.82) is 0 Å². The maximum absolute atomic E-state index is 12.7. The van der Waals surface area contributed by atoms with E-state index >= 15 is 0 Å². The molecule has 0 saturated carbocycles. The Morgan fingerprint density at radius 1 is 1.07 bits per heavy atom. The molecular formula is C19H22Br2N2O5S. The van der Waals surface area contributed by atoms with E-state index in [-0.39, 0.29) is 17.2 Å². The molecule has 7 nitrogen and oxygen atoms in total. The van der Waals surface area contributed by atoms with Gasteiger partial charge in [0.05, 0.1) is 22.2 Å². The fraction of sp³-hybridized carbons (Fsp3) is 0.316. The second-order valence-electron chi connectivity index (χ2n) is 5.86. The van der Waals surface area contributed by atoms with E-state index < -0.39 is 15.9 Å². The van der Waals surface area contributed by atoms with Gasteiger partial charge in [-0.15, -0.1) is 0 Å². The Hall–Kier alpha value is -1.62. The van der Waals surface area contributed by atoms with E-state index in [0.717, 1.165) is 4.47 Å². The molecule has 0 unspecified atom stereocenters. The molecule has 0 aliphatic carbocycles. The molecule has 0 aliphatic heterocycles. The van der Waals surface area contributed by atoms with Crippen molar-refractivity contribution in [2.45, 2.75) is 18.7 Å². The summed E-state index contributed by atoms with van der Waals surface area (Å²) in [5, 5.41) is 2.65. The van der Waals surface area contributed by atoms with E-state index in [4.69, 9.17) is 9.47 Å². The summed E-state index contributed by atoms with van der Waals surface area (Å²) in [6, 6.07) is 9.68. The van der Waals surface area contributed by atoms with Gasteiger partial charge in [-0.25, -0.2) is 8.42 Å². The number of ether oxygens (including phenoxy) is 2. The molecule has 0 saturated heterocycles. The van der Waals surface area contributed by atoms with Gasteiger partial charge in [0.1, 0.15) is 11.5 Å². The van der Waals surface area contributed by atoms with Crippen molar-refractivity contribution in [3.05, 3.63) is 45.3 Å². The van der Waals surface area contributed by atoms with Crippen LogP contribution in [0.25, 0.3) is 0 Å². The van der Waals surface area contributed by atoms with Crippen molar-refractivity contribution >= 4 is 53.5 Å². The van der Waals surface area contributed by atoms with Crippen molar-refractivity contribution in [1.82, 2.24) is 4.31 Å². The molecule has 0 aromatic heterocycles. The number of methoxy groups -OCH3 is 1. The Balaban J connectivity index is 2.19. The fourth-order valence-electron chi connectivity index (χ4n) is 2.58. The minimum Gasteiger partial charge on any atom is -0.495 e. The molecule has 29 heavy (non-hydrogen) atoms. The number of benzene rings is 2. The van der Waals surface area contributed by atoms with E-state index in [9.17, 15) is 13.2 Å². The highest BCUT2D eigenvalue weighted by atomic mass is 79.9. The first-order valence-electron chi connectivity index (χ1n) is 8.78. The van der Waals surface area contributed by atoms with Crippen LogP contribution in [0.4, 0.5) is 5.69 Å². The van der Waals surface area contributed by atoms with Crippen LogP contribution in [0.2, 0.25) is 0 Å². The number of amides is 1. The lowest BCUT2D eigenvalue weighted by molar-refractivity contribution is -0.118. The maximum Gasteiger partial charge on any atom is 0.262 e. The minimum atomic E-state index is -3.66. The van der Waals surface area contributed by atoms with E-state index in [2.05, 4.69) is 37.2 Å². The van der Waals surface area contributed by atoms with Gasteiger partial charge >= 0.3 is 0 Å². The van der Waals surface area contributed by atoms with Gasteiger partial charge in [0.2, 0.25) is 10.0 Å². The van der Waals surface area contributed by atoms with Gasteiger partial charge in [-0.3, -0.25) is 4.79 Å². The number of hydrogen-bond donors (Lipinski definition) is 1. The zero-order valence-corrected chi connectivity index (χ0v) is 20.2. The molecule has 0 fully saturated rings. The number of anilines is 1. The smallest absolute Gasteiger partial charge is 0.262 e. The highest BCUT2D eigenvalue weighted by molar-refractivity contribution is 9.11. The summed E-state index contributed by atoms with van der Waals surface area (Å²) in [5.74, 6) is 0.408. The summed E-state index contributed by atoms with van der Waals surface area (Å²) < 4.78 is 39.2. The van der Waals surface area contributed by atoms with Crippen LogP contribution < -0.4 is 14.8 Å². The van der Waals surface area contributed by atoms with Crippen LogP contribution in [0.15, 0.2) is 50.2 Å². The van der Waals surface area contributed by atoms with E-state index in [1.807, 2.05) is 0 Å². The first-order chi connectivity index (χ1) is 13.7. The van der Waals surface area contributed by atoms with Crippen molar-refractivity contribution in [2.75, 3.05) is 32.1 Å². The Labute approximate surface area is 187 Å². The van der Waals surface area contributed by atoms with Crippen molar-refractivity contribution in [3.63, 3.8) is 0 Å². The molecular weight excluding hydrogens is 528 g/mol. The molecule has 0 radical (unpaired) electrons. The highest BCUT2D eigenvalue weighted by Gasteiger charge is 2.23. The minimum absolute atomic E-state index is 0.0777. The van der Waals surface area contributed by atoms with E-state index in [1.54, 1.807) is 32.0 Å². The molecule has 0 aliphatic rings. The number of nitrogens with zero attached hydrogens (tertiary/aromatic N) is 1. The van der Waals surface area contributed by atoms with E-state index in [0.29, 0.717) is 29.1 Å². The normalized spacial score (nSPS) is 11.4. The predicted molar refractivity (Wildman–Crippen MR) is 119 cm³/mol. The SMILES string of the molecule is CCN(CC)S(=O)(=O)c1ccc(OC)c(NC(=O)COc2ccc(Br)cc2Br)c1. The van der Waals surface area contributed by atoms with Gasteiger partial charge in [0.25, 0.3) is 5.91 Å². The van der Waals surface area contributed by atoms with Crippen molar-refractivity contribution < 1.29 is 22.7 Å². The Bertz CT molecular complexity index is 979.